The second kappa shape index (κ2) is 10.5. The molecular formula is C21H23BrN4O3S. The van der Waals surface area contributed by atoms with E-state index >= 15 is 0 Å². The van der Waals surface area contributed by atoms with Gasteiger partial charge >= 0.3 is 0 Å². The van der Waals surface area contributed by atoms with Crippen molar-refractivity contribution < 1.29 is 14.3 Å². The van der Waals surface area contributed by atoms with E-state index in [1.54, 1.807) is 0 Å². The highest BCUT2D eigenvalue weighted by Crippen LogP contribution is 2.29. The summed E-state index contributed by atoms with van der Waals surface area (Å²) < 4.78 is 14.3. The van der Waals surface area contributed by atoms with Crippen molar-refractivity contribution in [1.29, 1.82) is 0 Å². The fourth-order valence-electron chi connectivity index (χ4n) is 2.63. The van der Waals surface area contributed by atoms with E-state index in [4.69, 9.17) is 9.47 Å². The first-order chi connectivity index (χ1) is 14.5. The third-order valence-corrected chi connectivity index (χ3v) is 5.64. The number of anilines is 1. The standard InChI is InChI=1S/C21H23BrN4O3S/c1-4-28-18-10-14(2)8-9-17(18)29-12-19-24-25-21(26(19)3)30-13-20(27)23-16-7-5-6-15(22)11-16/h5-11H,4,12-13H2,1-3H3,(H,23,27). The Kier molecular flexibility index (Phi) is 7.75. The van der Waals surface area contributed by atoms with E-state index in [1.807, 2.05) is 67.9 Å². The molecule has 2 aromatic carbocycles. The Hall–Kier alpha value is -2.52. The van der Waals surface area contributed by atoms with Crippen molar-refractivity contribution >= 4 is 39.3 Å². The number of halogens is 1. The zero-order valence-electron chi connectivity index (χ0n) is 17.0. The van der Waals surface area contributed by atoms with Gasteiger partial charge in [0.15, 0.2) is 22.5 Å². The molecule has 1 amide bonds. The summed E-state index contributed by atoms with van der Waals surface area (Å²) in [6.07, 6.45) is 0. The highest BCUT2D eigenvalue weighted by Gasteiger charge is 2.13. The van der Waals surface area contributed by atoms with E-state index in [0.717, 1.165) is 15.7 Å². The maximum absolute atomic E-state index is 12.2. The molecule has 7 nitrogen and oxygen atoms in total. The molecule has 0 atom stereocenters. The van der Waals surface area contributed by atoms with Crippen molar-refractivity contribution in [3.63, 3.8) is 0 Å². The van der Waals surface area contributed by atoms with Crippen molar-refractivity contribution in [2.24, 2.45) is 7.05 Å². The van der Waals surface area contributed by atoms with Crippen molar-refractivity contribution in [3.8, 4) is 11.5 Å². The van der Waals surface area contributed by atoms with Gasteiger partial charge in [-0.2, -0.15) is 0 Å². The van der Waals surface area contributed by atoms with Gasteiger partial charge in [0.2, 0.25) is 5.91 Å². The van der Waals surface area contributed by atoms with Crippen LogP contribution >= 0.6 is 27.7 Å². The molecular weight excluding hydrogens is 468 g/mol. The largest absolute Gasteiger partial charge is 0.490 e. The molecule has 0 aliphatic rings. The van der Waals surface area contributed by atoms with Crippen LogP contribution in [-0.2, 0) is 18.4 Å². The quantitative estimate of drug-likeness (QED) is 0.441. The third-order valence-electron chi connectivity index (χ3n) is 4.12. The molecule has 3 rings (SSSR count). The fourth-order valence-corrected chi connectivity index (χ4v) is 3.76. The number of carbonyl (C=O) groups excluding carboxylic acids is 1. The summed E-state index contributed by atoms with van der Waals surface area (Å²) in [5, 5.41) is 11.9. The number of hydrogen-bond donors (Lipinski definition) is 1. The summed E-state index contributed by atoms with van der Waals surface area (Å²) in [4.78, 5) is 12.2. The first-order valence-corrected chi connectivity index (χ1v) is 11.2. The molecule has 0 unspecified atom stereocenters. The topological polar surface area (TPSA) is 78.3 Å². The summed E-state index contributed by atoms with van der Waals surface area (Å²) in [7, 11) is 1.85. The Bertz CT molecular complexity index is 1030. The molecule has 0 aliphatic carbocycles. The normalized spacial score (nSPS) is 10.7. The highest BCUT2D eigenvalue weighted by atomic mass is 79.9. The van der Waals surface area contributed by atoms with E-state index in [0.29, 0.717) is 29.1 Å². The van der Waals surface area contributed by atoms with E-state index in [-0.39, 0.29) is 18.3 Å². The number of rotatable bonds is 9. The Morgan fingerprint density at radius 1 is 1.17 bits per heavy atom. The van der Waals surface area contributed by atoms with E-state index < -0.39 is 0 Å². The predicted octanol–water partition coefficient (Wildman–Crippen LogP) is 4.59. The van der Waals surface area contributed by atoms with Crippen LogP contribution in [0.15, 0.2) is 52.1 Å². The number of thioether (sulfide) groups is 1. The lowest BCUT2D eigenvalue weighted by Gasteiger charge is -2.12. The van der Waals surface area contributed by atoms with Crippen LogP contribution in [0.1, 0.15) is 18.3 Å². The van der Waals surface area contributed by atoms with E-state index in [2.05, 4.69) is 31.4 Å². The van der Waals surface area contributed by atoms with Crippen LogP contribution < -0.4 is 14.8 Å². The minimum Gasteiger partial charge on any atom is -0.490 e. The first-order valence-electron chi connectivity index (χ1n) is 9.39. The Balaban J connectivity index is 1.56. The molecule has 158 valence electrons. The van der Waals surface area contributed by atoms with Gasteiger partial charge in [0, 0.05) is 17.2 Å². The van der Waals surface area contributed by atoms with Crippen LogP contribution in [0, 0.1) is 6.92 Å². The molecule has 0 radical (unpaired) electrons. The maximum Gasteiger partial charge on any atom is 0.234 e. The van der Waals surface area contributed by atoms with Gasteiger partial charge in [0.05, 0.1) is 12.4 Å². The van der Waals surface area contributed by atoms with Crippen molar-refractivity contribution in [2.45, 2.75) is 25.6 Å². The van der Waals surface area contributed by atoms with Gasteiger partial charge in [-0.05, 0) is 49.7 Å². The minimum absolute atomic E-state index is 0.111. The smallest absolute Gasteiger partial charge is 0.234 e. The Morgan fingerprint density at radius 3 is 2.77 bits per heavy atom. The molecule has 3 aromatic rings. The van der Waals surface area contributed by atoms with Gasteiger partial charge in [-0.25, -0.2) is 0 Å². The number of carbonyl (C=O) groups is 1. The number of amides is 1. The molecule has 1 N–H and O–H groups in total. The van der Waals surface area contributed by atoms with Gasteiger partial charge in [-0.3, -0.25) is 4.79 Å². The lowest BCUT2D eigenvalue weighted by Crippen LogP contribution is -2.14. The Morgan fingerprint density at radius 2 is 2.00 bits per heavy atom. The van der Waals surface area contributed by atoms with Gasteiger partial charge in [-0.15, -0.1) is 10.2 Å². The van der Waals surface area contributed by atoms with Gasteiger partial charge < -0.3 is 19.4 Å². The van der Waals surface area contributed by atoms with E-state index in [9.17, 15) is 4.79 Å². The number of benzene rings is 2. The lowest BCUT2D eigenvalue weighted by molar-refractivity contribution is -0.113. The number of nitrogens with zero attached hydrogens (tertiary/aromatic N) is 3. The fraction of sp³-hybridized carbons (Fsp3) is 0.286. The molecule has 1 aromatic heterocycles. The molecule has 0 bridgehead atoms. The van der Waals surface area contributed by atoms with Crippen LogP contribution in [-0.4, -0.2) is 33.0 Å². The summed E-state index contributed by atoms with van der Waals surface area (Å²) in [6.45, 7) is 4.75. The van der Waals surface area contributed by atoms with Crippen molar-refractivity contribution in [2.75, 3.05) is 17.7 Å². The van der Waals surface area contributed by atoms with Crippen LogP contribution in [0.4, 0.5) is 5.69 Å². The SMILES string of the molecule is CCOc1cc(C)ccc1OCc1nnc(SCC(=O)Nc2cccc(Br)c2)n1C. The van der Waals surface area contributed by atoms with Gasteiger partial charge in [0.1, 0.15) is 6.61 Å². The highest BCUT2D eigenvalue weighted by molar-refractivity contribution is 9.10. The predicted molar refractivity (Wildman–Crippen MR) is 121 cm³/mol. The molecule has 30 heavy (non-hydrogen) atoms. The number of aryl methyl sites for hydroxylation is 1. The van der Waals surface area contributed by atoms with Crippen LogP contribution in [0.25, 0.3) is 0 Å². The number of nitrogens with one attached hydrogen (secondary N) is 1. The number of aromatic nitrogens is 3. The molecule has 0 saturated heterocycles. The van der Waals surface area contributed by atoms with E-state index in [1.165, 1.54) is 11.8 Å². The molecule has 0 aliphatic heterocycles. The zero-order chi connectivity index (χ0) is 21.5. The Labute approximate surface area is 188 Å². The third kappa shape index (κ3) is 5.99. The minimum atomic E-state index is -0.111. The van der Waals surface area contributed by atoms with Crippen LogP contribution in [0.2, 0.25) is 0 Å². The molecule has 0 fully saturated rings. The average Bonchev–Trinajstić information content (AvgIpc) is 3.06. The van der Waals surface area contributed by atoms with Crippen LogP contribution in [0.5, 0.6) is 11.5 Å². The summed E-state index contributed by atoms with van der Waals surface area (Å²) in [5.74, 6) is 2.14. The number of hydrogen-bond acceptors (Lipinski definition) is 6. The summed E-state index contributed by atoms with van der Waals surface area (Å²) in [6, 6.07) is 13.3. The van der Waals surface area contributed by atoms with Crippen LogP contribution in [0.3, 0.4) is 0 Å². The monoisotopic (exact) mass is 490 g/mol. The second-order valence-corrected chi connectivity index (χ2v) is 8.34. The average molecular weight is 491 g/mol. The van der Waals surface area contributed by atoms with Crippen molar-refractivity contribution in [3.05, 3.63) is 58.3 Å². The summed E-state index contributed by atoms with van der Waals surface area (Å²) >= 11 is 4.71. The maximum atomic E-state index is 12.2. The first kappa shape index (κ1) is 22.2. The molecule has 1 heterocycles. The number of ether oxygens (including phenoxy) is 2. The second-order valence-electron chi connectivity index (χ2n) is 6.48. The summed E-state index contributed by atoms with van der Waals surface area (Å²) in [5.41, 5.74) is 1.84. The lowest BCUT2D eigenvalue weighted by atomic mass is 10.2. The molecule has 0 spiro atoms. The molecule has 9 heteroatoms. The molecule has 0 saturated carbocycles. The zero-order valence-corrected chi connectivity index (χ0v) is 19.4. The van der Waals surface area contributed by atoms with Gasteiger partial charge in [-0.1, -0.05) is 39.8 Å². The van der Waals surface area contributed by atoms with Gasteiger partial charge in [0.25, 0.3) is 0 Å². The van der Waals surface area contributed by atoms with Crippen molar-refractivity contribution in [1.82, 2.24) is 14.8 Å².